The Morgan fingerprint density at radius 2 is 1.74 bits per heavy atom. The van der Waals surface area contributed by atoms with Crippen LogP contribution in [0.15, 0.2) is 67.4 Å². The van der Waals surface area contributed by atoms with Gasteiger partial charge in [-0.1, -0.05) is 12.1 Å². The van der Waals surface area contributed by atoms with Gasteiger partial charge >= 0.3 is 0 Å². The van der Waals surface area contributed by atoms with Crippen molar-refractivity contribution in [2.24, 2.45) is 5.92 Å². The van der Waals surface area contributed by atoms with Crippen molar-refractivity contribution >= 4 is 34.7 Å². The van der Waals surface area contributed by atoms with Gasteiger partial charge in [0.15, 0.2) is 11.5 Å². The highest BCUT2D eigenvalue weighted by atomic mass is 19.1. The summed E-state index contributed by atoms with van der Waals surface area (Å²) in [5.41, 5.74) is 3.92. The molecule has 11 nitrogen and oxygen atoms in total. The number of aryl methyl sites for hydroxylation is 1. The second-order valence-electron chi connectivity index (χ2n) is 15.1. The van der Waals surface area contributed by atoms with Gasteiger partial charge in [-0.3, -0.25) is 28.9 Å². The molecule has 2 saturated heterocycles. The molecule has 5 aromatic rings. The van der Waals surface area contributed by atoms with Crippen LogP contribution >= 0.6 is 0 Å². The molecule has 8 rings (SSSR count). The summed E-state index contributed by atoms with van der Waals surface area (Å²) in [5.74, 6) is -0.390. The van der Waals surface area contributed by atoms with Gasteiger partial charge in [0, 0.05) is 68.5 Å². The van der Waals surface area contributed by atoms with Crippen LogP contribution in [-0.2, 0) is 15.0 Å². The maximum Gasteiger partial charge on any atom is 0.236 e. The maximum atomic E-state index is 14.7. The van der Waals surface area contributed by atoms with E-state index in [1.165, 1.54) is 31.0 Å². The molecule has 2 aliphatic heterocycles. The standard InChI is InChI=1S/C40H45F2N9O2/c1-26-21-32(34(42)22-33(26)41)35-24-44-37(38-43-14-16-50(35)38)46-29-23-45-51(25-29)31-7-3-27(4-8-31)12-15-48-17-19-49(20-18-48)30-9-5-28(6-10-30)40(2)13-11-36(52)47-39(40)53/h5-6,9-10,14,16,21-25,27,31H,3-4,7-8,11-13,15,17-20H2,1-2H3,(H,44,46)(H,47,52,53). The molecule has 2 N–H and O–H groups in total. The summed E-state index contributed by atoms with van der Waals surface area (Å²) in [4.78, 5) is 38.2. The summed E-state index contributed by atoms with van der Waals surface area (Å²) in [7, 11) is 0. The Morgan fingerprint density at radius 1 is 0.962 bits per heavy atom. The molecule has 2 aromatic carbocycles. The third kappa shape index (κ3) is 7.01. The number of hydrogen-bond acceptors (Lipinski definition) is 8. The minimum absolute atomic E-state index is 0.190. The SMILES string of the molecule is Cc1cc(-c2cnc(Nc3cnn(C4CCC(CCN5CCN(c6ccc(C7(C)CCC(=O)NC7=O)cc6)CC5)CC4)c3)c3nccn23)c(F)cc1F. The van der Waals surface area contributed by atoms with Crippen LogP contribution in [0.2, 0.25) is 0 Å². The number of benzene rings is 2. The van der Waals surface area contributed by atoms with Crippen molar-refractivity contribution in [3.8, 4) is 11.3 Å². The smallest absolute Gasteiger partial charge is 0.236 e. The first kappa shape index (κ1) is 34.9. The summed E-state index contributed by atoms with van der Waals surface area (Å²) in [5, 5.41) is 10.5. The van der Waals surface area contributed by atoms with Gasteiger partial charge < -0.3 is 10.2 Å². The summed E-state index contributed by atoms with van der Waals surface area (Å²) in [6, 6.07) is 11.1. The summed E-state index contributed by atoms with van der Waals surface area (Å²) < 4.78 is 32.4. The van der Waals surface area contributed by atoms with E-state index < -0.39 is 17.0 Å². The Kier molecular flexibility index (Phi) is 9.44. The van der Waals surface area contributed by atoms with Crippen LogP contribution in [-0.4, -0.2) is 73.6 Å². The van der Waals surface area contributed by atoms with Gasteiger partial charge in [0.1, 0.15) is 11.6 Å². The molecule has 1 atom stereocenters. The Morgan fingerprint density at radius 3 is 2.49 bits per heavy atom. The molecule has 1 aliphatic carbocycles. The third-order valence-corrected chi connectivity index (χ3v) is 11.7. The Labute approximate surface area is 307 Å². The number of piperazine rings is 1. The molecule has 5 heterocycles. The Bertz CT molecular complexity index is 2130. The van der Waals surface area contributed by atoms with Crippen molar-refractivity contribution in [2.45, 2.75) is 70.3 Å². The zero-order valence-electron chi connectivity index (χ0n) is 30.2. The van der Waals surface area contributed by atoms with Gasteiger partial charge in [-0.05, 0) is 94.2 Å². The van der Waals surface area contributed by atoms with Gasteiger partial charge in [-0.2, -0.15) is 5.10 Å². The molecular formula is C40H45F2N9O2. The lowest BCUT2D eigenvalue weighted by Gasteiger charge is -2.37. The summed E-state index contributed by atoms with van der Waals surface area (Å²) in [6.07, 6.45) is 15.4. The minimum atomic E-state index is -0.666. The van der Waals surface area contributed by atoms with Crippen LogP contribution in [0.4, 0.5) is 26.0 Å². The van der Waals surface area contributed by atoms with E-state index in [0.29, 0.717) is 47.5 Å². The van der Waals surface area contributed by atoms with Crippen molar-refractivity contribution < 1.29 is 18.4 Å². The number of nitrogens with zero attached hydrogens (tertiary/aromatic N) is 7. The van der Waals surface area contributed by atoms with Crippen LogP contribution in [0.1, 0.15) is 69.0 Å². The van der Waals surface area contributed by atoms with E-state index in [4.69, 9.17) is 0 Å². The number of aromatic nitrogens is 5. The Hall–Kier alpha value is -5.17. The first-order chi connectivity index (χ1) is 25.6. The van der Waals surface area contributed by atoms with E-state index in [1.54, 1.807) is 36.1 Å². The van der Waals surface area contributed by atoms with Crippen molar-refractivity contribution in [1.29, 1.82) is 0 Å². The largest absolute Gasteiger partial charge is 0.369 e. The fourth-order valence-electron chi connectivity index (χ4n) is 8.21. The number of halogens is 2. The number of carbonyl (C=O) groups excluding carboxylic acids is 2. The predicted octanol–water partition coefficient (Wildman–Crippen LogP) is 6.56. The zero-order valence-corrected chi connectivity index (χ0v) is 30.2. The number of piperidine rings is 1. The topological polar surface area (TPSA) is 113 Å². The monoisotopic (exact) mass is 721 g/mol. The maximum absolute atomic E-state index is 14.7. The van der Waals surface area contributed by atoms with E-state index in [2.05, 4.69) is 52.3 Å². The van der Waals surface area contributed by atoms with Gasteiger partial charge in [-0.25, -0.2) is 18.7 Å². The number of amides is 2. The number of anilines is 3. The van der Waals surface area contributed by atoms with Gasteiger partial charge in [0.2, 0.25) is 11.8 Å². The highest BCUT2D eigenvalue weighted by Gasteiger charge is 2.40. The highest BCUT2D eigenvalue weighted by molar-refractivity contribution is 6.03. The molecule has 3 aromatic heterocycles. The molecule has 0 bridgehead atoms. The molecule has 2 amide bonds. The zero-order chi connectivity index (χ0) is 36.7. The first-order valence-corrected chi connectivity index (χ1v) is 18.7. The van der Waals surface area contributed by atoms with Crippen molar-refractivity contribution in [1.82, 2.24) is 34.4 Å². The molecule has 0 spiro atoms. The highest BCUT2D eigenvalue weighted by Crippen LogP contribution is 2.36. The number of fused-ring (bicyclic) bond motifs is 1. The van der Waals surface area contributed by atoms with E-state index in [9.17, 15) is 18.4 Å². The number of hydrogen-bond donors (Lipinski definition) is 2. The number of imide groups is 1. The minimum Gasteiger partial charge on any atom is -0.369 e. The van der Waals surface area contributed by atoms with E-state index in [1.807, 2.05) is 25.3 Å². The predicted molar refractivity (Wildman–Crippen MR) is 199 cm³/mol. The number of nitrogens with one attached hydrogen (secondary N) is 2. The number of carbonyl (C=O) groups is 2. The van der Waals surface area contributed by atoms with Crippen LogP contribution in [0, 0.1) is 24.5 Å². The average molecular weight is 722 g/mol. The molecular weight excluding hydrogens is 676 g/mol. The van der Waals surface area contributed by atoms with Gasteiger partial charge in [-0.15, -0.1) is 0 Å². The molecule has 53 heavy (non-hydrogen) atoms. The molecule has 1 unspecified atom stereocenters. The van der Waals surface area contributed by atoms with Crippen LogP contribution < -0.4 is 15.5 Å². The van der Waals surface area contributed by atoms with Crippen molar-refractivity contribution in [2.75, 3.05) is 42.9 Å². The van der Waals surface area contributed by atoms with Crippen molar-refractivity contribution in [3.63, 3.8) is 0 Å². The summed E-state index contributed by atoms with van der Waals surface area (Å²) >= 11 is 0. The van der Waals surface area contributed by atoms with E-state index >= 15 is 0 Å². The molecule has 3 fully saturated rings. The van der Waals surface area contributed by atoms with Crippen LogP contribution in [0.25, 0.3) is 16.9 Å². The fraction of sp³-hybridized carbons (Fsp3) is 0.425. The summed E-state index contributed by atoms with van der Waals surface area (Å²) in [6.45, 7) is 8.67. The normalized spacial score (nSPS) is 22.7. The molecule has 276 valence electrons. The molecule has 13 heteroatoms. The van der Waals surface area contributed by atoms with Gasteiger partial charge in [0.05, 0.1) is 35.2 Å². The quantitative estimate of drug-likeness (QED) is 0.165. The third-order valence-electron chi connectivity index (χ3n) is 11.7. The molecule has 3 aliphatic rings. The second kappa shape index (κ2) is 14.3. The first-order valence-electron chi connectivity index (χ1n) is 18.7. The lowest BCUT2D eigenvalue weighted by molar-refractivity contribution is -0.137. The van der Waals surface area contributed by atoms with Gasteiger partial charge in [0.25, 0.3) is 0 Å². The number of rotatable bonds is 9. The molecule has 0 radical (unpaired) electrons. The lowest BCUT2D eigenvalue weighted by atomic mass is 9.75. The fourth-order valence-corrected chi connectivity index (χ4v) is 8.21. The second-order valence-corrected chi connectivity index (χ2v) is 15.1. The molecule has 1 saturated carbocycles. The van der Waals surface area contributed by atoms with Crippen molar-refractivity contribution in [3.05, 3.63) is 90.1 Å². The Balaban J connectivity index is 0.800. The van der Waals surface area contributed by atoms with Crippen LogP contribution in [0.5, 0.6) is 0 Å². The number of imidazole rings is 1. The van der Waals surface area contributed by atoms with E-state index in [-0.39, 0.29) is 17.4 Å². The van der Waals surface area contributed by atoms with E-state index in [0.717, 1.165) is 62.9 Å². The average Bonchev–Trinajstić information content (AvgIpc) is 3.86. The van der Waals surface area contributed by atoms with Crippen LogP contribution in [0.3, 0.4) is 0 Å². The lowest BCUT2D eigenvalue weighted by Crippen LogP contribution is -2.49.